The van der Waals surface area contributed by atoms with E-state index in [1.165, 1.54) is 30.3 Å². The molecule has 7 nitrogen and oxygen atoms in total. The monoisotopic (exact) mass is 594 g/mol. The molecule has 0 bridgehead atoms. The first kappa shape index (κ1) is 30.0. The predicted molar refractivity (Wildman–Crippen MR) is 138 cm³/mol. The Bertz CT molecular complexity index is 1650. The molecule has 13 heteroatoms. The number of hydrogen-bond donors (Lipinski definition) is 0. The van der Waals surface area contributed by atoms with Gasteiger partial charge in [-0.05, 0) is 48.2 Å². The molecule has 0 amide bonds. The fourth-order valence-electron chi connectivity index (χ4n) is 4.08. The number of halogens is 6. The van der Waals surface area contributed by atoms with Gasteiger partial charge in [0.2, 0.25) is 5.75 Å². The van der Waals surface area contributed by atoms with Crippen LogP contribution in [0.15, 0.2) is 78.3 Å². The molecule has 1 heterocycles. The van der Waals surface area contributed by atoms with Gasteiger partial charge in [-0.15, -0.1) is 26.3 Å². The van der Waals surface area contributed by atoms with Gasteiger partial charge in [0.25, 0.3) is 0 Å². The third-order valence-electron chi connectivity index (χ3n) is 5.78. The summed E-state index contributed by atoms with van der Waals surface area (Å²) in [6.07, 6.45) is -7.74. The second-order valence-electron chi connectivity index (χ2n) is 8.58. The number of alkyl halides is 6. The Morgan fingerprint density at radius 3 is 1.93 bits per heavy atom. The van der Waals surface area contributed by atoms with Gasteiger partial charge in [0, 0.05) is 28.5 Å². The molecule has 0 aliphatic carbocycles. The van der Waals surface area contributed by atoms with Crippen molar-refractivity contribution in [3.63, 3.8) is 0 Å². The second kappa shape index (κ2) is 11.9. The van der Waals surface area contributed by atoms with Crippen molar-refractivity contribution in [2.24, 2.45) is 0 Å². The first-order valence-corrected chi connectivity index (χ1v) is 12.1. The summed E-state index contributed by atoms with van der Waals surface area (Å²) in [4.78, 5) is 22.8. The zero-order valence-electron chi connectivity index (χ0n) is 21.4. The lowest BCUT2D eigenvalue weighted by atomic mass is 9.99. The lowest BCUT2D eigenvalue weighted by Crippen LogP contribution is -2.18. The molecule has 0 unspecified atom stereocenters. The Hall–Kier alpha value is -4.94. The Morgan fingerprint density at radius 1 is 0.762 bits per heavy atom. The van der Waals surface area contributed by atoms with Crippen LogP contribution >= 0.6 is 0 Å². The fraction of sp³-hybridized carbons (Fsp3) is 0.172. The van der Waals surface area contributed by atoms with Crippen LogP contribution in [0.3, 0.4) is 0 Å². The largest absolute Gasteiger partial charge is 0.573 e. The molecule has 1 aromatic heterocycles. The van der Waals surface area contributed by atoms with Gasteiger partial charge in [-0.1, -0.05) is 37.4 Å². The molecule has 4 rings (SSSR count). The van der Waals surface area contributed by atoms with Gasteiger partial charge < -0.3 is 23.4 Å². The molecule has 0 atom stereocenters. The molecule has 0 aliphatic rings. The predicted octanol–water partition coefficient (Wildman–Crippen LogP) is 7.80. The van der Waals surface area contributed by atoms with Crippen LogP contribution in [0.5, 0.6) is 17.2 Å². The molecule has 0 saturated heterocycles. The van der Waals surface area contributed by atoms with Crippen LogP contribution in [-0.4, -0.2) is 31.3 Å². The van der Waals surface area contributed by atoms with Crippen LogP contribution in [0, 0.1) is 0 Å². The highest BCUT2D eigenvalue weighted by Crippen LogP contribution is 2.48. The lowest BCUT2D eigenvalue weighted by molar-refractivity contribution is -0.275. The van der Waals surface area contributed by atoms with E-state index in [9.17, 15) is 35.9 Å². The van der Waals surface area contributed by atoms with Crippen LogP contribution < -0.4 is 14.2 Å². The number of furan rings is 1. The van der Waals surface area contributed by atoms with Crippen molar-refractivity contribution in [3.05, 3.63) is 79.4 Å². The third-order valence-corrected chi connectivity index (χ3v) is 5.78. The number of esters is 2. The fourth-order valence-corrected chi connectivity index (χ4v) is 4.08. The minimum Gasteiger partial charge on any atom is -0.463 e. The van der Waals surface area contributed by atoms with E-state index in [1.807, 2.05) is 0 Å². The highest BCUT2D eigenvalue weighted by molar-refractivity contribution is 6.11. The summed E-state index contributed by atoms with van der Waals surface area (Å²) in [5.74, 6) is -4.24. The van der Waals surface area contributed by atoms with E-state index >= 15 is 0 Å². The van der Waals surface area contributed by atoms with Gasteiger partial charge in [-0.2, -0.15) is 0 Å². The highest BCUT2D eigenvalue weighted by atomic mass is 19.4. The quantitative estimate of drug-likeness (QED) is 0.0609. The maximum atomic E-state index is 13.5. The van der Waals surface area contributed by atoms with Crippen molar-refractivity contribution < 1.29 is 59.3 Å². The number of carbonyl (C=O) groups excluding carboxylic acids is 2. The number of aryl methyl sites for hydroxylation is 1. The molecule has 0 N–H and O–H groups in total. The molecular weight excluding hydrogens is 574 g/mol. The number of fused-ring (bicyclic) bond motifs is 3. The van der Waals surface area contributed by atoms with Gasteiger partial charge >= 0.3 is 24.7 Å². The van der Waals surface area contributed by atoms with Crippen LogP contribution in [-0.2, 0) is 20.7 Å². The van der Waals surface area contributed by atoms with E-state index in [0.29, 0.717) is 18.9 Å². The van der Waals surface area contributed by atoms with E-state index in [2.05, 4.69) is 22.6 Å². The molecule has 220 valence electrons. The van der Waals surface area contributed by atoms with Gasteiger partial charge in [-0.3, -0.25) is 0 Å². The maximum absolute atomic E-state index is 13.5. The summed E-state index contributed by atoms with van der Waals surface area (Å²) in [6, 6.07) is 11.2. The summed E-state index contributed by atoms with van der Waals surface area (Å²) in [6.45, 7) is 6.61. The van der Waals surface area contributed by atoms with E-state index in [-0.39, 0.29) is 28.5 Å². The van der Waals surface area contributed by atoms with Crippen molar-refractivity contribution in [3.8, 4) is 28.4 Å². The first-order valence-electron chi connectivity index (χ1n) is 12.1. The van der Waals surface area contributed by atoms with Crippen LogP contribution in [0.2, 0.25) is 0 Å². The summed E-state index contributed by atoms with van der Waals surface area (Å²) >= 11 is 0. The van der Waals surface area contributed by atoms with Crippen molar-refractivity contribution in [2.45, 2.75) is 25.6 Å². The minimum absolute atomic E-state index is 0.0210. The summed E-state index contributed by atoms with van der Waals surface area (Å²) in [7, 11) is 0. The number of carbonyl (C=O) groups is 2. The zero-order chi connectivity index (χ0) is 30.7. The molecule has 42 heavy (non-hydrogen) atoms. The SMILES string of the molecule is C=CC(=O)OCCCc1ccc(-c2ccc3c(oc4c(OC(F)(F)F)c(OC(=O)C=C)ccc43)c2OC(F)(F)F)cc1. The van der Waals surface area contributed by atoms with Crippen molar-refractivity contribution in [1.29, 1.82) is 0 Å². The molecular formula is C29H20F6O7. The molecule has 0 radical (unpaired) electrons. The van der Waals surface area contributed by atoms with Crippen molar-refractivity contribution in [2.75, 3.05) is 6.61 Å². The highest BCUT2D eigenvalue weighted by Gasteiger charge is 2.37. The van der Waals surface area contributed by atoms with E-state index < -0.39 is 53.1 Å². The Kier molecular flexibility index (Phi) is 8.50. The normalized spacial score (nSPS) is 11.8. The summed E-state index contributed by atoms with van der Waals surface area (Å²) in [5.41, 5.74) is -0.139. The summed E-state index contributed by atoms with van der Waals surface area (Å²) in [5, 5.41) is -0.0824. The topological polar surface area (TPSA) is 84.2 Å². The standard InChI is InChI=1S/C29H20F6O7/c1-3-22(36)38-15-5-6-16-7-9-17(10-8-16)18-11-12-19-20-13-14-21(39-23(37)4-2)27(42-29(33,34)35)25(20)40-24(19)26(18)41-28(30,31)32/h3-4,7-14H,1-2,5-6,15H2. The van der Waals surface area contributed by atoms with E-state index in [4.69, 9.17) is 13.9 Å². The molecule has 0 fully saturated rings. The average Bonchev–Trinajstić information content (AvgIpc) is 3.31. The average molecular weight is 594 g/mol. The van der Waals surface area contributed by atoms with Gasteiger partial charge in [0.1, 0.15) is 0 Å². The summed E-state index contributed by atoms with van der Waals surface area (Å²) < 4.78 is 104. The smallest absolute Gasteiger partial charge is 0.463 e. The maximum Gasteiger partial charge on any atom is 0.573 e. The van der Waals surface area contributed by atoms with E-state index in [1.54, 1.807) is 12.1 Å². The lowest BCUT2D eigenvalue weighted by Gasteiger charge is -2.14. The van der Waals surface area contributed by atoms with Gasteiger partial charge in [0.15, 0.2) is 22.7 Å². The van der Waals surface area contributed by atoms with Crippen LogP contribution in [0.4, 0.5) is 26.3 Å². The zero-order valence-corrected chi connectivity index (χ0v) is 21.4. The minimum atomic E-state index is -5.27. The molecule has 0 spiro atoms. The van der Waals surface area contributed by atoms with Gasteiger partial charge in [-0.25, -0.2) is 9.59 Å². The molecule has 4 aromatic rings. The van der Waals surface area contributed by atoms with Crippen LogP contribution in [0.1, 0.15) is 12.0 Å². The number of ether oxygens (including phenoxy) is 4. The first-order chi connectivity index (χ1) is 19.8. The molecule has 0 saturated carbocycles. The van der Waals surface area contributed by atoms with Crippen LogP contribution in [0.25, 0.3) is 33.1 Å². The Labute approximate surface area is 233 Å². The molecule has 3 aromatic carbocycles. The molecule has 0 aliphatic heterocycles. The second-order valence-corrected chi connectivity index (χ2v) is 8.58. The number of benzene rings is 3. The Balaban J connectivity index is 1.81. The van der Waals surface area contributed by atoms with E-state index in [0.717, 1.165) is 17.7 Å². The van der Waals surface area contributed by atoms with Crippen molar-refractivity contribution >= 4 is 33.9 Å². The third kappa shape index (κ3) is 7.03. The van der Waals surface area contributed by atoms with Gasteiger partial charge in [0.05, 0.1) is 6.61 Å². The Morgan fingerprint density at radius 2 is 1.33 bits per heavy atom. The number of hydrogen-bond acceptors (Lipinski definition) is 7. The number of rotatable bonds is 10. The van der Waals surface area contributed by atoms with Crippen molar-refractivity contribution in [1.82, 2.24) is 0 Å².